The van der Waals surface area contributed by atoms with Crippen LogP contribution in [0, 0.1) is 0 Å². The van der Waals surface area contributed by atoms with E-state index in [1.54, 1.807) is 7.11 Å². The van der Waals surface area contributed by atoms with Crippen molar-refractivity contribution in [1.29, 1.82) is 0 Å². The highest BCUT2D eigenvalue weighted by Gasteiger charge is 2.48. The zero-order chi connectivity index (χ0) is 19.3. The highest BCUT2D eigenvalue weighted by molar-refractivity contribution is 6.55. The lowest BCUT2D eigenvalue weighted by Crippen LogP contribution is -2.50. The lowest BCUT2D eigenvalue weighted by atomic mass is 9.79. The van der Waals surface area contributed by atoms with Crippen molar-refractivity contribution >= 4 is 23.0 Å². The molecule has 0 saturated heterocycles. The summed E-state index contributed by atoms with van der Waals surface area (Å²) in [5.74, 6) is 1.21. The lowest BCUT2D eigenvalue weighted by Gasteiger charge is -2.43. The van der Waals surface area contributed by atoms with Gasteiger partial charge in [0.25, 0.3) is 5.91 Å². The van der Waals surface area contributed by atoms with E-state index in [1.165, 1.54) is 11.1 Å². The number of anilines is 1. The summed E-state index contributed by atoms with van der Waals surface area (Å²) in [4.78, 5) is 20.1. The normalized spacial score (nSPS) is 21.5. The molecular weight excluding hydrogens is 336 g/mol. The second-order valence-corrected chi connectivity index (χ2v) is 8.15. The molecule has 140 valence electrons. The number of nitrogens with zero attached hydrogens (tertiary/aromatic N) is 2. The number of amides is 1. The molecule has 0 saturated carbocycles. The fourth-order valence-electron chi connectivity index (χ4n) is 4.47. The second kappa shape index (κ2) is 6.22. The van der Waals surface area contributed by atoms with Gasteiger partial charge in [0.2, 0.25) is 0 Å². The Labute approximate surface area is 160 Å². The predicted molar refractivity (Wildman–Crippen MR) is 110 cm³/mol. The Morgan fingerprint density at radius 3 is 2.56 bits per heavy atom. The van der Waals surface area contributed by atoms with E-state index in [-0.39, 0.29) is 11.4 Å². The Morgan fingerprint density at radius 2 is 1.93 bits per heavy atom. The van der Waals surface area contributed by atoms with Crippen LogP contribution in [-0.2, 0) is 11.2 Å². The molecule has 0 N–H and O–H groups in total. The molecule has 2 aromatic carbocycles. The number of carbonyl (C=O) groups excluding carboxylic acids is 1. The van der Waals surface area contributed by atoms with Gasteiger partial charge in [-0.3, -0.25) is 4.79 Å². The molecule has 0 radical (unpaired) electrons. The van der Waals surface area contributed by atoms with E-state index in [9.17, 15) is 4.79 Å². The maximum absolute atomic E-state index is 13.4. The maximum atomic E-state index is 13.4. The molecule has 0 aliphatic carbocycles. The Hall–Kier alpha value is -2.62. The van der Waals surface area contributed by atoms with E-state index in [4.69, 9.17) is 9.73 Å². The first-order chi connectivity index (χ1) is 12.9. The molecule has 0 fully saturated rings. The smallest absolute Gasteiger partial charge is 0.278 e. The molecule has 2 aromatic rings. The van der Waals surface area contributed by atoms with Gasteiger partial charge in [-0.15, -0.1) is 0 Å². The minimum absolute atomic E-state index is 0.00669. The van der Waals surface area contributed by atoms with E-state index in [0.29, 0.717) is 11.6 Å². The number of benzene rings is 2. The molecule has 1 atom stereocenters. The van der Waals surface area contributed by atoms with E-state index < -0.39 is 0 Å². The van der Waals surface area contributed by atoms with Crippen LogP contribution in [0.1, 0.15) is 56.7 Å². The van der Waals surface area contributed by atoms with Gasteiger partial charge < -0.3 is 9.64 Å². The van der Waals surface area contributed by atoms with E-state index in [2.05, 4.69) is 39.8 Å². The molecule has 2 aliphatic rings. The highest BCUT2D eigenvalue weighted by Crippen LogP contribution is 2.49. The molecule has 0 aromatic heterocycles. The van der Waals surface area contributed by atoms with Crippen molar-refractivity contribution in [2.75, 3.05) is 12.0 Å². The van der Waals surface area contributed by atoms with Crippen LogP contribution in [0.15, 0.2) is 41.4 Å². The summed E-state index contributed by atoms with van der Waals surface area (Å²) in [6.45, 7) is 8.72. The number of rotatable bonds is 3. The number of hydrogen-bond donors (Lipinski definition) is 0. The zero-order valence-electron chi connectivity index (χ0n) is 16.7. The van der Waals surface area contributed by atoms with Gasteiger partial charge in [0.1, 0.15) is 11.5 Å². The third kappa shape index (κ3) is 2.75. The standard InChI is InChI=1S/C23H26N2O2/c1-6-15-11-18-14(2)13-23(3,4)25-21(18)19(12-15)20(22(25)26)24-16-7-9-17(27-5)10-8-16/h7-12,14H,6,13H2,1-5H3/t14-/m1/s1. The van der Waals surface area contributed by atoms with Crippen molar-refractivity contribution < 1.29 is 9.53 Å². The molecule has 4 nitrogen and oxygen atoms in total. The first-order valence-electron chi connectivity index (χ1n) is 9.60. The van der Waals surface area contributed by atoms with Crippen molar-refractivity contribution in [3.8, 4) is 5.75 Å². The van der Waals surface area contributed by atoms with Crippen molar-refractivity contribution in [3.05, 3.63) is 53.1 Å². The average molecular weight is 362 g/mol. The monoisotopic (exact) mass is 362 g/mol. The van der Waals surface area contributed by atoms with Crippen LogP contribution >= 0.6 is 0 Å². The predicted octanol–water partition coefficient (Wildman–Crippen LogP) is 5.01. The van der Waals surface area contributed by atoms with Gasteiger partial charge in [-0.05, 0) is 74.1 Å². The molecule has 0 bridgehead atoms. The zero-order valence-corrected chi connectivity index (χ0v) is 16.7. The third-order valence-electron chi connectivity index (χ3n) is 5.75. The third-order valence-corrected chi connectivity index (χ3v) is 5.75. The van der Waals surface area contributed by atoms with Crippen molar-refractivity contribution in [2.45, 2.75) is 52.0 Å². The Bertz CT molecular complexity index is 942. The summed E-state index contributed by atoms with van der Waals surface area (Å²) >= 11 is 0. The largest absolute Gasteiger partial charge is 0.497 e. The number of methoxy groups -OCH3 is 1. The van der Waals surface area contributed by atoms with Crippen LogP contribution in [0.3, 0.4) is 0 Å². The molecule has 1 amide bonds. The summed E-state index contributed by atoms with van der Waals surface area (Å²) in [6.07, 6.45) is 1.90. The number of hydrogen-bond acceptors (Lipinski definition) is 3. The first-order valence-corrected chi connectivity index (χ1v) is 9.60. The molecule has 2 aliphatic heterocycles. The van der Waals surface area contributed by atoms with Crippen LogP contribution in [0.5, 0.6) is 5.75 Å². The van der Waals surface area contributed by atoms with Gasteiger partial charge in [-0.25, -0.2) is 4.99 Å². The van der Waals surface area contributed by atoms with Gasteiger partial charge in [-0.1, -0.05) is 19.9 Å². The SMILES string of the molecule is CCc1cc2c3c(c1)[C@H](C)CC(C)(C)N3C(=O)C2=Nc1ccc(OC)cc1. The van der Waals surface area contributed by atoms with Crippen molar-refractivity contribution in [1.82, 2.24) is 0 Å². The number of ether oxygens (including phenoxy) is 1. The Balaban J connectivity index is 1.92. The van der Waals surface area contributed by atoms with E-state index in [1.807, 2.05) is 29.2 Å². The van der Waals surface area contributed by atoms with Crippen LogP contribution < -0.4 is 9.64 Å². The molecule has 4 rings (SSSR count). The van der Waals surface area contributed by atoms with Gasteiger partial charge in [0.15, 0.2) is 0 Å². The van der Waals surface area contributed by atoms with Crippen LogP contribution in [-0.4, -0.2) is 24.3 Å². The Morgan fingerprint density at radius 1 is 1.22 bits per heavy atom. The topological polar surface area (TPSA) is 41.9 Å². The van der Waals surface area contributed by atoms with Crippen molar-refractivity contribution in [3.63, 3.8) is 0 Å². The second-order valence-electron chi connectivity index (χ2n) is 8.15. The Kier molecular flexibility index (Phi) is 4.10. The number of carbonyl (C=O) groups is 1. The molecule has 0 unspecified atom stereocenters. The average Bonchev–Trinajstić information content (AvgIpc) is 2.93. The first kappa shape index (κ1) is 17.8. The lowest BCUT2D eigenvalue weighted by molar-refractivity contribution is -0.113. The van der Waals surface area contributed by atoms with E-state index >= 15 is 0 Å². The minimum atomic E-state index is -0.219. The number of aryl methyl sites for hydroxylation is 1. The minimum Gasteiger partial charge on any atom is -0.497 e. The van der Waals surface area contributed by atoms with Crippen LogP contribution in [0.25, 0.3) is 0 Å². The molecule has 2 heterocycles. The van der Waals surface area contributed by atoms with Gasteiger partial charge in [0.05, 0.1) is 18.5 Å². The van der Waals surface area contributed by atoms with Crippen LogP contribution in [0.2, 0.25) is 0 Å². The summed E-state index contributed by atoms with van der Waals surface area (Å²) < 4.78 is 5.22. The van der Waals surface area contributed by atoms with Crippen LogP contribution in [0.4, 0.5) is 11.4 Å². The fourth-order valence-corrected chi connectivity index (χ4v) is 4.47. The molecular formula is C23H26N2O2. The molecule has 4 heteroatoms. The van der Waals surface area contributed by atoms with E-state index in [0.717, 1.165) is 35.5 Å². The quantitative estimate of drug-likeness (QED) is 0.770. The summed E-state index contributed by atoms with van der Waals surface area (Å²) in [7, 11) is 1.64. The van der Waals surface area contributed by atoms with Gasteiger partial charge >= 0.3 is 0 Å². The van der Waals surface area contributed by atoms with Crippen molar-refractivity contribution in [2.24, 2.45) is 4.99 Å². The number of aliphatic imine (C=N–C) groups is 1. The highest BCUT2D eigenvalue weighted by atomic mass is 16.5. The maximum Gasteiger partial charge on any atom is 0.278 e. The summed E-state index contributed by atoms with van der Waals surface area (Å²) in [5, 5.41) is 0. The molecule has 27 heavy (non-hydrogen) atoms. The van der Waals surface area contributed by atoms with Gasteiger partial charge in [-0.2, -0.15) is 0 Å². The summed E-state index contributed by atoms with van der Waals surface area (Å²) in [6, 6.07) is 11.9. The fraction of sp³-hybridized carbons (Fsp3) is 0.391. The molecule has 0 spiro atoms. The summed E-state index contributed by atoms with van der Waals surface area (Å²) in [5.41, 5.74) is 5.67. The van der Waals surface area contributed by atoms with Gasteiger partial charge in [0, 0.05) is 11.1 Å².